The van der Waals surface area contributed by atoms with Crippen LogP contribution in [0.25, 0.3) is 0 Å². The predicted molar refractivity (Wildman–Crippen MR) is 96.1 cm³/mol. The summed E-state index contributed by atoms with van der Waals surface area (Å²) < 4.78 is 26.3. The van der Waals surface area contributed by atoms with Gasteiger partial charge in [0.2, 0.25) is 0 Å². The van der Waals surface area contributed by atoms with Crippen LogP contribution < -0.4 is 10.6 Å². The summed E-state index contributed by atoms with van der Waals surface area (Å²) in [6.45, 7) is 3.46. The van der Waals surface area contributed by atoms with Gasteiger partial charge in [-0.05, 0) is 49.2 Å². The molecule has 0 bridgehead atoms. The van der Waals surface area contributed by atoms with Crippen molar-refractivity contribution in [3.63, 3.8) is 0 Å². The third kappa shape index (κ3) is 4.56. The topological polar surface area (TPSA) is 61.4 Å². The summed E-state index contributed by atoms with van der Waals surface area (Å²) in [7, 11) is 3.29. The molecule has 0 fully saturated rings. The van der Waals surface area contributed by atoms with Gasteiger partial charge >= 0.3 is 6.03 Å². The zero-order chi connectivity index (χ0) is 19.4. The average molecular weight is 361 g/mol. The largest absolute Gasteiger partial charge is 0.345 e. The first-order valence-corrected chi connectivity index (χ1v) is 8.04. The number of hydrogen-bond acceptors (Lipinski definition) is 2. The van der Waals surface area contributed by atoms with Crippen molar-refractivity contribution < 1.29 is 18.4 Å². The predicted octanol–water partition coefficient (Wildman–Crippen LogP) is 3.86. The van der Waals surface area contributed by atoms with Gasteiger partial charge in [0.25, 0.3) is 5.91 Å². The number of benzene rings is 2. The van der Waals surface area contributed by atoms with Gasteiger partial charge in [-0.1, -0.05) is 12.1 Å². The van der Waals surface area contributed by atoms with Crippen LogP contribution in [0.5, 0.6) is 0 Å². The van der Waals surface area contributed by atoms with Crippen LogP contribution in [0.4, 0.5) is 19.3 Å². The Bertz CT molecular complexity index is 838. The Morgan fingerprint density at radius 1 is 1.04 bits per heavy atom. The van der Waals surface area contributed by atoms with E-state index in [1.807, 2.05) is 0 Å². The highest BCUT2D eigenvalue weighted by Gasteiger charge is 2.14. The number of aryl methyl sites for hydroxylation is 1. The van der Waals surface area contributed by atoms with Crippen LogP contribution in [0.1, 0.15) is 34.5 Å². The fourth-order valence-corrected chi connectivity index (χ4v) is 2.37. The Hall–Kier alpha value is -2.96. The number of nitrogens with zero attached hydrogens (tertiary/aromatic N) is 1. The second-order valence-corrected chi connectivity index (χ2v) is 6.22. The highest BCUT2D eigenvalue weighted by atomic mass is 19.2. The molecule has 0 aliphatic heterocycles. The van der Waals surface area contributed by atoms with Crippen LogP contribution in [0.3, 0.4) is 0 Å². The van der Waals surface area contributed by atoms with Crippen molar-refractivity contribution in [2.24, 2.45) is 0 Å². The fourth-order valence-electron chi connectivity index (χ4n) is 2.37. The normalized spacial score (nSPS) is 11.6. The summed E-state index contributed by atoms with van der Waals surface area (Å²) in [5.41, 5.74) is 2.17. The molecular formula is C19H21F2N3O2. The van der Waals surface area contributed by atoms with Crippen LogP contribution in [-0.2, 0) is 0 Å². The molecular weight excluding hydrogens is 340 g/mol. The highest BCUT2D eigenvalue weighted by molar-refractivity contribution is 5.97. The van der Waals surface area contributed by atoms with E-state index >= 15 is 0 Å². The Morgan fingerprint density at radius 3 is 2.35 bits per heavy atom. The molecule has 3 amide bonds. The number of carbonyl (C=O) groups is 2. The van der Waals surface area contributed by atoms with Crippen LogP contribution in [-0.4, -0.2) is 30.9 Å². The summed E-state index contributed by atoms with van der Waals surface area (Å²) in [4.78, 5) is 25.7. The second-order valence-electron chi connectivity index (χ2n) is 6.22. The number of rotatable bonds is 4. The lowest BCUT2D eigenvalue weighted by Gasteiger charge is -2.17. The van der Waals surface area contributed by atoms with E-state index in [0.29, 0.717) is 16.8 Å². The van der Waals surface area contributed by atoms with E-state index in [1.54, 1.807) is 46.1 Å². The van der Waals surface area contributed by atoms with Gasteiger partial charge in [0.05, 0.1) is 6.04 Å². The van der Waals surface area contributed by atoms with Gasteiger partial charge in [0, 0.05) is 25.3 Å². The van der Waals surface area contributed by atoms with Crippen molar-refractivity contribution in [3.8, 4) is 0 Å². The minimum absolute atomic E-state index is 0.177. The number of urea groups is 1. The molecule has 0 spiro atoms. The number of amides is 3. The summed E-state index contributed by atoms with van der Waals surface area (Å²) in [6, 6.07) is 7.44. The van der Waals surface area contributed by atoms with Gasteiger partial charge in [-0.15, -0.1) is 0 Å². The van der Waals surface area contributed by atoms with Crippen LogP contribution in [0, 0.1) is 18.6 Å². The number of anilines is 1. The van der Waals surface area contributed by atoms with E-state index in [4.69, 9.17) is 0 Å². The molecule has 2 rings (SSSR count). The van der Waals surface area contributed by atoms with E-state index in [1.165, 1.54) is 11.0 Å². The van der Waals surface area contributed by atoms with Gasteiger partial charge in [0.1, 0.15) is 0 Å². The molecule has 0 unspecified atom stereocenters. The van der Waals surface area contributed by atoms with Crippen molar-refractivity contribution in [2.45, 2.75) is 19.9 Å². The monoisotopic (exact) mass is 361 g/mol. The highest BCUT2D eigenvalue weighted by Crippen LogP contribution is 2.19. The molecule has 7 heteroatoms. The van der Waals surface area contributed by atoms with Crippen molar-refractivity contribution in [2.75, 3.05) is 19.4 Å². The second kappa shape index (κ2) is 7.95. The number of carbonyl (C=O) groups excluding carboxylic acids is 2. The zero-order valence-corrected chi connectivity index (χ0v) is 15.1. The Kier molecular flexibility index (Phi) is 5.92. The standard InChI is InChI=1S/C19H21F2N3O2/c1-11-5-6-14(18(25)24(3)4)10-17(11)23-19(26)22-12(2)13-7-8-15(20)16(21)9-13/h5-10,12H,1-4H3,(H2,22,23,26)/t12-/m0/s1. The molecule has 0 saturated heterocycles. The van der Waals surface area contributed by atoms with E-state index in [2.05, 4.69) is 10.6 Å². The maximum Gasteiger partial charge on any atom is 0.319 e. The fraction of sp³-hybridized carbons (Fsp3) is 0.263. The van der Waals surface area contributed by atoms with E-state index in [0.717, 1.165) is 17.7 Å². The number of hydrogen-bond donors (Lipinski definition) is 2. The number of halogens is 2. The molecule has 2 N–H and O–H groups in total. The Balaban J connectivity index is 2.10. The average Bonchev–Trinajstić information content (AvgIpc) is 2.58. The summed E-state index contributed by atoms with van der Waals surface area (Å²) in [6.07, 6.45) is 0. The van der Waals surface area contributed by atoms with Crippen molar-refractivity contribution in [1.29, 1.82) is 0 Å². The third-order valence-electron chi connectivity index (χ3n) is 3.93. The SMILES string of the molecule is Cc1ccc(C(=O)N(C)C)cc1NC(=O)N[C@@H](C)c1ccc(F)c(F)c1. The maximum absolute atomic E-state index is 13.3. The molecule has 0 saturated carbocycles. The van der Waals surface area contributed by atoms with Crippen molar-refractivity contribution in [1.82, 2.24) is 10.2 Å². The van der Waals surface area contributed by atoms with Gasteiger partial charge in [-0.3, -0.25) is 4.79 Å². The molecule has 2 aromatic carbocycles. The minimum Gasteiger partial charge on any atom is -0.345 e. The van der Waals surface area contributed by atoms with Gasteiger partial charge < -0.3 is 15.5 Å². The smallest absolute Gasteiger partial charge is 0.319 e. The lowest BCUT2D eigenvalue weighted by molar-refractivity contribution is 0.0827. The Labute approximate surface area is 151 Å². The van der Waals surface area contributed by atoms with E-state index < -0.39 is 23.7 Å². The van der Waals surface area contributed by atoms with Gasteiger partial charge in [0.15, 0.2) is 11.6 Å². The van der Waals surface area contributed by atoms with Crippen molar-refractivity contribution in [3.05, 3.63) is 64.7 Å². The van der Waals surface area contributed by atoms with Gasteiger partial charge in [-0.2, -0.15) is 0 Å². The molecule has 0 aliphatic rings. The van der Waals surface area contributed by atoms with Crippen molar-refractivity contribution >= 4 is 17.6 Å². The molecule has 0 aliphatic carbocycles. The molecule has 0 aromatic heterocycles. The molecule has 0 heterocycles. The number of nitrogens with one attached hydrogen (secondary N) is 2. The minimum atomic E-state index is -0.970. The summed E-state index contributed by atoms with van der Waals surface area (Å²) in [5, 5.41) is 5.34. The molecule has 1 atom stereocenters. The quantitative estimate of drug-likeness (QED) is 0.869. The van der Waals surface area contributed by atoms with Gasteiger partial charge in [-0.25, -0.2) is 13.6 Å². The van der Waals surface area contributed by atoms with Crippen LogP contribution >= 0.6 is 0 Å². The van der Waals surface area contributed by atoms with E-state index in [-0.39, 0.29) is 5.91 Å². The molecule has 138 valence electrons. The van der Waals surface area contributed by atoms with Crippen LogP contribution in [0.15, 0.2) is 36.4 Å². The third-order valence-corrected chi connectivity index (χ3v) is 3.93. The Morgan fingerprint density at radius 2 is 1.73 bits per heavy atom. The molecule has 2 aromatic rings. The zero-order valence-electron chi connectivity index (χ0n) is 15.1. The molecule has 5 nitrogen and oxygen atoms in total. The lowest BCUT2D eigenvalue weighted by atomic mass is 10.1. The lowest BCUT2D eigenvalue weighted by Crippen LogP contribution is -2.31. The van der Waals surface area contributed by atoms with E-state index in [9.17, 15) is 18.4 Å². The summed E-state index contributed by atoms with van der Waals surface area (Å²) >= 11 is 0. The molecule has 0 radical (unpaired) electrons. The molecule has 26 heavy (non-hydrogen) atoms. The first kappa shape index (κ1) is 19.4. The first-order valence-electron chi connectivity index (χ1n) is 8.04. The maximum atomic E-state index is 13.3. The van der Waals surface area contributed by atoms with Crippen LogP contribution in [0.2, 0.25) is 0 Å². The first-order chi connectivity index (χ1) is 12.2. The summed E-state index contributed by atoms with van der Waals surface area (Å²) in [5.74, 6) is -2.09.